The van der Waals surface area contributed by atoms with E-state index >= 15 is 0 Å². The second-order valence-electron chi connectivity index (χ2n) is 6.94. The first-order valence-electron chi connectivity index (χ1n) is 9.77. The third-order valence-electron chi connectivity index (χ3n) is 5.12. The number of nitrogens with zero attached hydrogens (tertiary/aromatic N) is 2. The molecule has 1 saturated heterocycles. The topological polar surface area (TPSA) is 94.1 Å². The molecule has 0 spiro atoms. The number of carbonyl (C=O) groups excluding carboxylic acids is 2. The molecule has 30 heavy (non-hydrogen) atoms. The van der Waals surface area contributed by atoms with Crippen molar-refractivity contribution in [1.29, 1.82) is 0 Å². The molecule has 0 bridgehead atoms. The Kier molecular flexibility index (Phi) is 7.31. The lowest BCUT2D eigenvalue weighted by Crippen LogP contribution is -2.46. The molecule has 2 amide bonds. The average Bonchev–Trinajstić information content (AvgIpc) is 3.20. The molecule has 3 rings (SSSR count). The second kappa shape index (κ2) is 10.1. The Labute approximate surface area is 175 Å². The van der Waals surface area contributed by atoms with Crippen molar-refractivity contribution in [3.05, 3.63) is 42.2 Å². The largest absolute Gasteiger partial charge is 0.493 e. The molecule has 0 saturated carbocycles. The van der Waals surface area contributed by atoms with Gasteiger partial charge in [-0.25, -0.2) is 0 Å². The van der Waals surface area contributed by atoms with Crippen LogP contribution in [0.3, 0.4) is 0 Å². The number of ether oxygens (including phenoxy) is 3. The molecule has 1 aromatic heterocycles. The molecule has 9 nitrogen and oxygen atoms in total. The van der Waals surface area contributed by atoms with Crippen LogP contribution in [0.5, 0.6) is 11.5 Å². The van der Waals surface area contributed by atoms with Crippen LogP contribution in [-0.2, 0) is 21.4 Å². The maximum absolute atomic E-state index is 12.4. The van der Waals surface area contributed by atoms with Gasteiger partial charge in [0, 0.05) is 50.3 Å². The highest BCUT2D eigenvalue weighted by molar-refractivity contribution is 6.39. The summed E-state index contributed by atoms with van der Waals surface area (Å²) in [5, 5.41) is 5.36. The smallest absolute Gasteiger partial charge is 0.313 e. The van der Waals surface area contributed by atoms with E-state index in [2.05, 4.69) is 15.5 Å². The predicted octanol–water partition coefficient (Wildman–Crippen LogP) is 1.17. The van der Waals surface area contributed by atoms with Crippen molar-refractivity contribution >= 4 is 17.5 Å². The van der Waals surface area contributed by atoms with E-state index in [-0.39, 0.29) is 6.04 Å². The maximum atomic E-state index is 12.4. The van der Waals surface area contributed by atoms with E-state index in [1.807, 2.05) is 29.9 Å². The Hall–Kier alpha value is -3.04. The van der Waals surface area contributed by atoms with Gasteiger partial charge in [0.2, 0.25) is 0 Å². The lowest BCUT2D eigenvalue weighted by Gasteiger charge is -2.34. The summed E-state index contributed by atoms with van der Waals surface area (Å²) in [6.45, 7) is 3.15. The quantitative estimate of drug-likeness (QED) is 0.658. The molecule has 1 aliphatic rings. The van der Waals surface area contributed by atoms with E-state index in [1.165, 1.54) is 14.2 Å². The molecule has 2 heterocycles. The van der Waals surface area contributed by atoms with Crippen molar-refractivity contribution < 1.29 is 23.8 Å². The molecule has 1 atom stereocenters. The van der Waals surface area contributed by atoms with Crippen LogP contribution in [0, 0.1) is 0 Å². The number of anilines is 1. The van der Waals surface area contributed by atoms with Crippen LogP contribution in [0.1, 0.15) is 11.7 Å². The number of amides is 2. The van der Waals surface area contributed by atoms with Gasteiger partial charge in [-0.05, 0) is 24.3 Å². The van der Waals surface area contributed by atoms with Gasteiger partial charge in [-0.2, -0.15) is 0 Å². The summed E-state index contributed by atoms with van der Waals surface area (Å²) in [7, 11) is 5.00. The van der Waals surface area contributed by atoms with Crippen LogP contribution < -0.4 is 20.1 Å². The Morgan fingerprint density at radius 2 is 1.83 bits per heavy atom. The summed E-state index contributed by atoms with van der Waals surface area (Å²) in [6.07, 6.45) is 1.97. The zero-order valence-electron chi connectivity index (χ0n) is 17.5. The summed E-state index contributed by atoms with van der Waals surface area (Å²) >= 11 is 0. The number of morpholine rings is 1. The minimum atomic E-state index is -0.741. The summed E-state index contributed by atoms with van der Waals surface area (Å²) in [5.74, 6) is -0.435. The maximum Gasteiger partial charge on any atom is 0.313 e. The number of aromatic nitrogens is 1. The molecule has 9 heteroatoms. The van der Waals surface area contributed by atoms with Crippen LogP contribution >= 0.6 is 0 Å². The summed E-state index contributed by atoms with van der Waals surface area (Å²) < 4.78 is 17.9. The molecule has 1 aromatic carbocycles. The molecule has 0 aliphatic carbocycles. The molecule has 2 N–H and O–H groups in total. The first-order valence-corrected chi connectivity index (χ1v) is 9.77. The molecule has 2 aromatic rings. The fourth-order valence-electron chi connectivity index (χ4n) is 3.50. The fourth-order valence-corrected chi connectivity index (χ4v) is 3.50. The number of methoxy groups -OCH3 is 2. The van der Waals surface area contributed by atoms with E-state index in [0.29, 0.717) is 36.9 Å². The zero-order chi connectivity index (χ0) is 21.5. The van der Waals surface area contributed by atoms with Gasteiger partial charge in [-0.3, -0.25) is 14.5 Å². The third kappa shape index (κ3) is 5.11. The van der Waals surface area contributed by atoms with Crippen molar-refractivity contribution in [1.82, 2.24) is 14.8 Å². The standard InChI is InChI=1S/C21H28N4O5/c1-24-8-4-5-16(24)17(25-9-11-30-12-10-25)14-22-20(26)21(27)23-15-6-7-18(28-2)19(13-15)29-3/h4-8,13,17H,9-12,14H2,1-3H3,(H,22,26)(H,23,27)/t17-/m1/s1. The fraction of sp³-hybridized carbons (Fsp3) is 0.429. The third-order valence-corrected chi connectivity index (χ3v) is 5.12. The van der Waals surface area contributed by atoms with Crippen LogP contribution in [0.2, 0.25) is 0 Å². The molecule has 162 valence electrons. The van der Waals surface area contributed by atoms with E-state index in [9.17, 15) is 9.59 Å². The summed E-state index contributed by atoms with van der Waals surface area (Å²) in [4.78, 5) is 27.1. The molecule has 1 fully saturated rings. The van der Waals surface area contributed by atoms with Crippen molar-refractivity contribution in [3.63, 3.8) is 0 Å². The van der Waals surface area contributed by atoms with Gasteiger partial charge < -0.3 is 29.4 Å². The average molecular weight is 416 g/mol. The van der Waals surface area contributed by atoms with Crippen LogP contribution in [0.15, 0.2) is 36.5 Å². The Morgan fingerprint density at radius 3 is 2.47 bits per heavy atom. The number of aryl methyl sites for hydroxylation is 1. The minimum absolute atomic E-state index is 0.0493. The van der Waals surface area contributed by atoms with Gasteiger partial charge in [0.1, 0.15) is 0 Å². The normalized spacial score (nSPS) is 15.3. The zero-order valence-corrected chi connectivity index (χ0v) is 17.5. The lowest BCUT2D eigenvalue weighted by molar-refractivity contribution is -0.136. The van der Waals surface area contributed by atoms with Gasteiger partial charge in [0.25, 0.3) is 0 Å². The first-order chi connectivity index (χ1) is 14.5. The molecule has 1 aliphatic heterocycles. The Morgan fingerprint density at radius 1 is 1.10 bits per heavy atom. The van der Waals surface area contributed by atoms with Crippen molar-refractivity contribution in [3.8, 4) is 11.5 Å². The van der Waals surface area contributed by atoms with Crippen LogP contribution in [0.4, 0.5) is 5.69 Å². The molecular formula is C21H28N4O5. The molecule has 0 unspecified atom stereocenters. The van der Waals surface area contributed by atoms with Gasteiger partial charge in [-0.1, -0.05) is 0 Å². The number of rotatable bonds is 7. The van der Waals surface area contributed by atoms with Crippen LogP contribution in [-0.4, -0.2) is 68.3 Å². The highest BCUT2D eigenvalue weighted by Crippen LogP contribution is 2.29. The highest BCUT2D eigenvalue weighted by Gasteiger charge is 2.26. The van der Waals surface area contributed by atoms with Crippen molar-refractivity contribution in [2.24, 2.45) is 7.05 Å². The van der Waals surface area contributed by atoms with E-state index < -0.39 is 11.8 Å². The number of hydrogen-bond donors (Lipinski definition) is 2. The SMILES string of the molecule is COc1ccc(NC(=O)C(=O)NC[C@H](c2cccn2C)N2CCOCC2)cc1OC. The number of benzene rings is 1. The highest BCUT2D eigenvalue weighted by atomic mass is 16.5. The van der Waals surface area contributed by atoms with E-state index in [0.717, 1.165) is 18.8 Å². The first kappa shape index (κ1) is 21.7. The van der Waals surface area contributed by atoms with Crippen molar-refractivity contribution in [2.75, 3.05) is 52.4 Å². The number of hydrogen-bond acceptors (Lipinski definition) is 6. The monoisotopic (exact) mass is 416 g/mol. The lowest BCUT2D eigenvalue weighted by atomic mass is 10.1. The van der Waals surface area contributed by atoms with E-state index in [1.54, 1.807) is 18.2 Å². The molecule has 0 radical (unpaired) electrons. The van der Waals surface area contributed by atoms with Crippen LogP contribution in [0.25, 0.3) is 0 Å². The second-order valence-corrected chi connectivity index (χ2v) is 6.94. The summed E-state index contributed by atoms with van der Waals surface area (Å²) in [6, 6.07) is 8.85. The van der Waals surface area contributed by atoms with Gasteiger partial charge in [0.05, 0.1) is 33.5 Å². The van der Waals surface area contributed by atoms with Gasteiger partial charge in [-0.15, -0.1) is 0 Å². The Bertz CT molecular complexity index is 876. The summed E-state index contributed by atoms with van der Waals surface area (Å²) in [5.41, 5.74) is 1.51. The number of carbonyl (C=O) groups is 2. The number of nitrogens with one attached hydrogen (secondary N) is 2. The van der Waals surface area contributed by atoms with E-state index in [4.69, 9.17) is 14.2 Å². The molecular weight excluding hydrogens is 388 g/mol. The van der Waals surface area contributed by atoms with Crippen molar-refractivity contribution in [2.45, 2.75) is 6.04 Å². The Balaban J connectivity index is 1.63. The van der Waals surface area contributed by atoms with Gasteiger partial charge in [0.15, 0.2) is 11.5 Å². The van der Waals surface area contributed by atoms with Gasteiger partial charge >= 0.3 is 11.8 Å². The minimum Gasteiger partial charge on any atom is -0.493 e. The predicted molar refractivity (Wildman–Crippen MR) is 112 cm³/mol.